The van der Waals surface area contributed by atoms with Gasteiger partial charge in [-0.15, -0.1) is 0 Å². The van der Waals surface area contributed by atoms with E-state index in [1.165, 1.54) is 25.7 Å². The van der Waals surface area contributed by atoms with E-state index in [0.29, 0.717) is 0 Å². The number of thioether (sulfide) groups is 1. The van der Waals surface area contributed by atoms with Gasteiger partial charge in [0, 0.05) is 0 Å². The van der Waals surface area contributed by atoms with Crippen LogP contribution in [0.2, 0.25) is 0 Å². The zero-order valence-electron chi connectivity index (χ0n) is 12.5. The second kappa shape index (κ2) is 14.6. The van der Waals surface area contributed by atoms with Crippen molar-refractivity contribution in [2.24, 2.45) is 0 Å². The van der Waals surface area contributed by atoms with E-state index in [9.17, 15) is 9.59 Å². The van der Waals surface area contributed by atoms with Crippen LogP contribution in [0.3, 0.4) is 0 Å². The van der Waals surface area contributed by atoms with Gasteiger partial charge in [-0.2, -0.15) is 0 Å². The minimum absolute atomic E-state index is 0.101. The van der Waals surface area contributed by atoms with Crippen molar-refractivity contribution in [3.05, 3.63) is 0 Å². The predicted octanol–water partition coefficient (Wildman–Crippen LogP) is 4.75. The van der Waals surface area contributed by atoms with Gasteiger partial charge in [0.2, 0.25) is 5.91 Å². The molecular weight excluding hydrogens is 246 g/mol. The number of hydrogen-bond donors (Lipinski definition) is 1. The summed E-state index contributed by atoms with van der Waals surface area (Å²) in [7, 11) is 0. The van der Waals surface area contributed by atoms with Crippen molar-refractivity contribution in [2.45, 2.75) is 78.4 Å². The molecule has 1 unspecified atom stereocenters. The van der Waals surface area contributed by atoms with Gasteiger partial charge in [0.05, 0.1) is 5.25 Å². The SMILES string of the molecule is CC.CC.CCCCCCCC1SC(=O)NC1=O. The van der Waals surface area contributed by atoms with Crippen LogP contribution in [-0.2, 0) is 4.79 Å². The Kier molecular flexibility index (Phi) is 16.0. The van der Waals surface area contributed by atoms with Crippen molar-refractivity contribution in [2.75, 3.05) is 0 Å². The normalized spacial score (nSPS) is 17.3. The molecule has 1 fully saturated rings. The summed E-state index contributed by atoms with van der Waals surface area (Å²) < 4.78 is 0. The third-order valence-electron chi connectivity index (χ3n) is 2.34. The molecule has 0 aliphatic carbocycles. The summed E-state index contributed by atoms with van der Waals surface area (Å²) in [6, 6.07) is 0. The minimum Gasteiger partial charge on any atom is -0.286 e. The molecule has 0 bridgehead atoms. The second-order valence-corrected chi connectivity index (χ2v) is 4.76. The van der Waals surface area contributed by atoms with Crippen LogP contribution in [0.5, 0.6) is 0 Å². The van der Waals surface area contributed by atoms with Crippen LogP contribution < -0.4 is 5.32 Å². The van der Waals surface area contributed by atoms with Crippen LogP contribution in [-0.4, -0.2) is 16.4 Å². The lowest BCUT2D eigenvalue weighted by Gasteiger charge is -2.03. The molecule has 2 amide bonds. The molecule has 1 aliphatic heterocycles. The third-order valence-corrected chi connectivity index (χ3v) is 3.39. The van der Waals surface area contributed by atoms with Crippen LogP contribution >= 0.6 is 11.8 Å². The van der Waals surface area contributed by atoms with E-state index in [1.54, 1.807) is 0 Å². The van der Waals surface area contributed by atoms with Gasteiger partial charge in [-0.3, -0.25) is 14.9 Å². The van der Waals surface area contributed by atoms with Gasteiger partial charge in [-0.05, 0) is 6.42 Å². The van der Waals surface area contributed by atoms with Gasteiger partial charge >= 0.3 is 0 Å². The monoisotopic (exact) mass is 275 g/mol. The van der Waals surface area contributed by atoms with Crippen molar-refractivity contribution in [3.63, 3.8) is 0 Å². The molecule has 1 rings (SSSR count). The number of imide groups is 1. The van der Waals surface area contributed by atoms with Gasteiger partial charge in [0.15, 0.2) is 0 Å². The molecule has 3 nitrogen and oxygen atoms in total. The maximum absolute atomic E-state index is 11.2. The zero-order valence-corrected chi connectivity index (χ0v) is 13.4. The van der Waals surface area contributed by atoms with E-state index >= 15 is 0 Å². The van der Waals surface area contributed by atoms with E-state index in [4.69, 9.17) is 0 Å². The van der Waals surface area contributed by atoms with Crippen LogP contribution in [0.4, 0.5) is 4.79 Å². The van der Waals surface area contributed by atoms with Crippen molar-refractivity contribution < 1.29 is 9.59 Å². The van der Waals surface area contributed by atoms with E-state index in [1.807, 2.05) is 27.7 Å². The Bertz CT molecular complexity index is 220. The fraction of sp³-hybridized carbons (Fsp3) is 0.857. The molecule has 0 aromatic rings. The highest BCUT2D eigenvalue weighted by molar-refractivity contribution is 8.15. The van der Waals surface area contributed by atoms with Gasteiger partial charge in [0.25, 0.3) is 5.24 Å². The molecule has 108 valence electrons. The van der Waals surface area contributed by atoms with Crippen LogP contribution in [0.25, 0.3) is 0 Å². The summed E-state index contributed by atoms with van der Waals surface area (Å²) in [5.41, 5.74) is 0. The lowest BCUT2D eigenvalue weighted by molar-refractivity contribution is -0.119. The van der Waals surface area contributed by atoms with Crippen molar-refractivity contribution in [1.82, 2.24) is 5.32 Å². The first-order valence-corrected chi connectivity index (χ1v) is 8.13. The van der Waals surface area contributed by atoms with Crippen molar-refractivity contribution >= 4 is 22.9 Å². The Hall–Kier alpha value is -0.510. The molecule has 1 heterocycles. The Labute approximate surface area is 116 Å². The first-order chi connectivity index (χ1) is 8.74. The number of hydrogen-bond acceptors (Lipinski definition) is 3. The minimum atomic E-state index is -0.187. The first kappa shape index (κ1) is 19.8. The number of amides is 2. The zero-order chi connectivity index (χ0) is 14.4. The first-order valence-electron chi connectivity index (χ1n) is 7.25. The molecule has 0 spiro atoms. The summed E-state index contributed by atoms with van der Waals surface area (Å²) in [6.07, 6.45) is 6.81. The molecule has 1 saturated heterocycles. The number of carbonyl (C=O) groups excluding carboxylic acids is 2. The molecule has 1 aliphatic rings. The molecule has 1 atom stereocenters. The lowest BCUT2D eigenvalue weighted by atomic mass is 10.1. The number of rotatable bonds is 6. The summed E-state index contributed by atoms with van der Waals surface area (Å²) in [5.74, 6) is -0.101. The third kappa shape index (κ3) is 9.51. The quantitative estimate of drug-likeness (QED) is 0.711. The molecule has 0 saturated carbocycles. The van der Waals surface area contributed by atoms with Crippen molar-refractivity contribution in [3.8, 4) is 0 Å². The molecule has 0 aromatic heterocycles. The fourth-order valence-corrected chi connectivity index (χ4v) is 2.38. The Morgan fingerprint density at radius 1 is 1.00 bits per heavy atom. The van der Waals surface area contributed by atoms with Gasteiger partial charge < -0.3 is 0 Å². The number of carbonyl (C=O) groups is 2. The van der Waals surface area contributed by atoms with Gasteiger partial charge in [-0.1, -0.05) is 78.5 Å². The highest BCUT2D eigenvalue weighted by Gasteiger charge is 2.30. The van der Waals surface area contributed by atoms with Gasteiger partial charge in [0.1, 0.15) is 0 Å². The molecule has 0 radical (unpaired) electrons. The smallest absolute Gasteiger partial charge is 0.286 e. The predicted molar refractivity (Wildman–Crippen MR) is 81.0 cm³/mol. The average Bonchev–Trinajstić information content (AvgIpc) is 2.73. The maximum atomic E-state index is 11.2. The van der Waals surface area contributed by atoms with Crippen LogP contribution in [0.15, 0.2) is 0 Å². The molecule has 0 aromatic carbocycles. The molecule has 4 heteroatoms. The molecule has 1 N–H and O–H groups in total. The summed E-state index contributed by atoms with van der Waals surface area (Å²) >= 11 is 1.14. The topological polar surface area (TPSA) is 46.2 Å². The van der Waals surface area contributed by atoms with E-state index in [2.05, 4.69) is 12.2 Å². The highest BCUT2D eigenvalue weighted by atomic mass is 32.2. The number of unbranched alkanes of at least 4 members (excludes halogenated alkanes) is 4. The Balaban J connectivity index is 0. The summed E-state index contributed by atoms with van der Waals surface area (Å²) in [4.78, 5) is 22.0. The molecular formula is C14H29NO2S. The van der Waals surface area contributed by atoms with Crippen LogP contribution in [0.1, 0.15) is 73.1 Å². The number of nitrogens with one attached hydrogen (secondary N) is 1. The Morgan fingerprint density at radius 3 is 2.00 bits per heavy atom. The highest BCUT2D eigenvalue weighted by Crippen LogP contribution is 2.24. The van der Waals surface area contributed by atoms with E-state index < -0.39 is 0 Å². The second-order valence-electron chi connectivity index (χ2n) is 3.59. The van der Waals surface area contributed by atoms with Gasteiger partial charge in [-0.25, -0.2) is 0 Å². The van der Waals surface area contributed by atoms with Crippen LogP contribution in [0, 0.1) is 0 Å². The summed E-state index contributed by atoms with van der Waals surface area (Å²) in [6.45, 7) is 10.2. The lowest BCUT2D eigenvalue weighted by Crippen LogP contribution is -2.23. The fourth-order valence-electron chi connectivity index (χ4n) is 1.52. The summed E-state index contributed by atoms with van der Waals surface area (Å²) in [5, 5.41) is 2.00. The van der Waals surface area contributed by atoms with Crippen molar-refractivity contribution in [1.29, 1.82) is 0 Å². The Morgan fingerprint density at radius 2 is 1.56 bits per heavy atom. The molecule has 18 heavy (non-hydrogen) atoms. The average molecular weight is 275 g/mol. The van der Waals surface area contributed by atoms with E-state index in [-0.39, 0.29) is 16.4 Å². The largest absolute Gasteiger partial charge is 0.286 e. The maximum Gasteiger partial charge on any atom is 0.286 e. The van der Waals surface area contributed by atoms with E-state index in [0.717, 1.165) is 24.6 Å². The standard InChI is InChI=1S/C10H17NO2S.2C2H6/c1-2-3-4-5-6-7-8-9(12)11-10(13)14-8;2*1-2/h8H,2-7H2,1H3,(H,11,12,13);2*1-2H3.